The van der Waals surface area contributed by atoms with E-state index in [0.717, 1.165) is 4.68 Å². The van der Waals surface area contributed by atoms with Gasteiger partial charge in [-0.2, -0.15) is 5.10 Å². The number of non-ortho nitro benzene ring substituents is 1. The van der Waals surface area contributed by atoms with Gasteiger partial charge in [0.15, 0.2) is 0 Å². The highest BCUT2D eigenvalue weighted by molar-refractivity contribution is 5.95. The first-order chi connectivity index (χ1) is 12.5. The average molecular weight is 353 g/mol. The molecule has 0 atom stereocenters. The molecule has 0 unspecified atom stereocenters. The molecule has 0 aliphatic carbocycles. The molecule has 0 aliphatic heterocycles. The summed E-state index contributed by atoms with van der Waals surface area (Å²) in [5.41, 5.74) is 0.408. The molecule has 0 amide bonds. The lowest BCUT2D eigenvalue weighted by Gasteiger charge is -2.11. The summed E-state index contributed by atoms with van der Waals surface area (Å²) >= 11 is 0. The van der Waals surface area contributed by atoms with Gasteiger partial charge in [-0.05, 0) is 13.0 Å². The Morgan fingerprint density at radius 3 is 2.58 bits per heavy atom. The van der Waals surface area contributed by atoms with Gasteiger partial charge in [0.25, 0.3) is 11.2 Å². The Hall–Kier alpha value is -3.55. The van der Waals surface area contributed by atoms with E-state index >= 15 is 0 Å². The summed E-state index contributed by atoms with van der Waals surface area (Å²) in [4.78, 5) is 35.0. The molecule has 2 aromatic carbocycles. The molecule has 1 aromatic heterocycles. The topological polar surface area (TPSA) is 104 Å². The van der Waals surface area contributed by atoms with Gasteiger partial charge >= 0.3 is 5.97 Å². The first-order valence-electron chi connectivity index (χ1n) is 7.91. The number of carbonyl (C=O) groups is 1. The zero-order valence-electron chi connectivity index (χ0n) is 13.9. The van der Waals surface area contributed by atoms with Gasteiger partial charge in [-0.25, -0.2) is 4.68 Å². The van der Waals surface area contributed by atoms with Crippen molar-refractivity contribution in [1.29, 1.82) is 0 Å². The number of aromatic nitrogens is 2. The number of ether oxygens (including phenoxy) is 1. The molecule has 0 spiro atoms. The maximum atomic E-state index is 12.7. The fraction of sp³-hybridized carbons (Fsp3) is 0.167. The zero-order chi connectivity index (χ0) is 18.7. The molecule has 26 heavy (non-hydrogen) atoms. The van der Waals surface area contributed by atoms with Crippen LogP contribution in [0.15, 0.2) is 53.3 Å². The minimum Gasteiger partial charge on any atom is -0.465 e. The van der Waals surface area contributed by atoms with E-state index in [4.69, 9.17) is 4.74 Å². The van der Waals surface area contributed by atoms with Crippen LogP contribution in [-0.2, 0) is 16.1 Å². The summed E-state index contributed by atoms with van der Waals surface area (Å²) in [6, 6.07) is 12.9. The van der Waals surface area contributed by atoms with Crippen LogP contribution >= 0.6 is 0 Å². The Morgan fingerprint density at radius 2 is 1.92 bits per heavy atom. The van der Waals surface area contributed by atoms with Crippen LogP contribution in [-0.4, -0.2) is 27.3 Å². The summed E-state index contributed by atoms with van der Waals surface area (Å²) in [6.45, 7) is 1.53. The predicted molar refractivity (Wildman–Crippen MR) is 94.7 cm³/mol. The summed E-state index contributed by atoms with van der Waals surface area (Å²) < 4.78 is 5.90. The molecule has 0 saturated heterocycles. The van der Waals surface area contributed by atoms with Crippen molar-refractivity contribution in [2.75, 3.05) is 6.61 Å². The number of hydrogen-bond donors (Lipinski definition) is 0. The second-order valence-corrected chi connectivity index (χ2v) is 5.47. The SMILES string of the molecule is CCOC(=O)Cn1nc(-c2ccccc2)c2cc([N+](=O)[O-])ccc2c1=O. The number of nitro groups is 1. The summed E-state index contributed by atoms with van der Waals surface area (Å²) in [6.07, 6.45) is 0. The molecule has 0 saturated carbocycles. The van der Waals surface area contributed by atoms with E-state index in [2.05, 4.69) is 5.10 Å². The van der Waals surface area contributed by atoms with Crippen LogP contribution in [0.4, 0.5) is 5.69 Å². The molecule has 0 aliphatic rings. The molecule has 3 rings (SSSR count). The minimum atomic E-state index is -0.581. The average Bonchev–Trinajstić information content (AvgIpc) is 2.64. The van der Waals surface area contributed by atoms with Crippen LogP contribution < -0.4 is 5.56 Å². The van der Waals surface area contributed by atoms with Gasteiger partial charge in [-0.15, -0.1) is 0 Å². The van der Waals surface area contributed by atoms with Gasteiger partial charge in [-0.1, -0.05) is 30.3 Å². The Bertz CT molecular complexity index is 1040. The normalized spacial score (nSPS) is 10.7. The van der Waals surface area contributed by atoms with Gasteiger partial charge in [0.1, 0.15) is 6.54 Å². The highest BCUT2D eigenvalue weighted by atomic mass is 16.6. The minimum absolute atomic E-state index is 0.140. The summed E-state index contributed by atoms with van der Waals surface area (Å²) in [5.74, 6) is -0.581. The van der Waals surface area contributed by atoms with E-state index in [9.17, 15) is 19.7 Å². The molecular weight excluding hydrogens is 338 g/mol. The first-order valence-corrected chi connectivity index (χ1v) is 7.91. The fourth-order valence-corrected chi connectivity index (χ4v) is 2.63. The molecular formula is C18H15N3O5. The van der Waals surface area contributed by atoms with Crippen molar-refractivity contribution in [2.24, 2.45) is 0 Å². The Labute approximate surface area is 147 Å². The Kier molecular flexibility index (Phi) is 4.74. The van der Waals surface area contributed by atoms with E-state index in [1.54, 1.807) is 31.2 Å². The lowest BCUT2D eigenvalue weighted by Crippen LogP contribution is -2.28. The third-order valence-corrected chi connectivity index (χ3v) is 3.79. The van der Waals surface area contributed by atoms with Crippen LogP contribution in [0, 0.1) is 10.1 Å². The molecule has 0 fully saturated rings. The van der Waals surface area contributed by atoms with Crippen LogP contribution in [0.25, 0.3) is 22.0 Å². The maximum absolute atomic E-state index is 12.7. The van der Waals surface area contributed by atoms with E-state index < -0.39 is 16.5 Å². The van der Waals surface area contributed by atoms with Crippen molar-refractivity contribution in [2.45, 2.75) is 13.5 Å². The lowest BCUT2D eigenvalue weighted by molar-refractivity contribution is -0.384. The second-order valence-electron chi connectivity index (χ2n) is 5.47. The van der Waals surface area contributed by atoms with Crippen LogP contribution in [0.1, 0.15) is 6.92 Å². The third kappa shape index (κ3) is 3.30. The molecule has 0 N–H and O–H groups in total. The first kappa shape index (κ1) is 17.3. The largest absolute Gasteiger partial charge is 0.465 e. The zero-order valence-corrected chi connectivity index (χ0v) is 13.9. The number of esters is 1. The van der Waals surface area contributed by atoms with Crippen molar-refractivity contribution < 1.29 is 14.5 Å². The van der Waals surface area contributed by atoms with E-state index in [-0.39, 0.29) is 24.2 Å². The quantitative estimate of drug-likeness (QED) is 0.396. The number of benzene rings is 2. The number of rotatable bonds is 5. The van der Waals surface area contributed by atoms with E-state index in [1.165, 1.54) is 18.2 Å². The lowest BCUT2D eigenvalue weighted by atomic mass is 10.0. The number of nitrogens with zero attached hydrogens (tertiary/aromatic N) is 3. The van der Waals surface area contributed by atoms with Crippen molar-refractivity contribution in [3.05, 3.63) is 69.0 Å². The van der Waals surface area contributed by atoms with Crippen LogP contribution in [0.5, 0.6) is 0 Å². The second kappa shape index (κ2) is 7.14. The molecule has 3 aromatic rings. The van der Waals surface area contributed by atoms with Crippen molar-refractivity contribution >= 4 is 22.4 Å². The standard InChI is InChI=1S/C18H15N3O5/c1-2-26-16(22)11-20-18(23)14-9-8-13(21(24)25)10-15(14)17(19-20)12-6-4-3-5-7-12/h3-10H,2,11H2,1H3. The van der Waals surface area contributed by atoms with Gasteiger partial charge in [0, 0.05) is 23.1 Å². The molecule has 1 heterocycles. The molecule has 8 nitrogen and oxygen atoms in total. The highest BCUT2D eigenvalue weighted by Gasteiger charge is 2.17. The number of fused-ring (bicyclic) bond motifs is 1. The molecule has 132 valence electrons. The van der Waals surface area contributed by atoms with Crippen molar-refractivity contribution in [1.82, 2.24) is 9.78 Å². The third-order valence-electron chi connectivity index (χ3n) is 3.79. The van der Waals surface area contributed by atoms with Gasteiger partial charge in [0.05, 0.1) is 22.6 Å². The number of hydrogen-bond acceptors (Lipinski definition) is 6. The van der Waals surface area contributed by atoms with Gasteiger partial charge in [0.2, 0.25) is 0 Å². The predicted octanol–water partition coefficient (Wildman–Crippen LogP) is 2.53. The van der Waals surface area contributed by atoms with E-state index in [0.29, 0.717) is 16.6 Å². The van der Waals surface area contributed by atoms with Crippen LogP contribution in [0.3, 0.4) is 0 Å². The van der Waals surface area contributed by atoms with Gasteiger partial charge in [-0.3, -0.25) is 19.7 Å². The Balaban J connectivity index is 2.27. The van der Waals surface area contributed by atoms with Crippen molar-refractivity contribution in [3.63, 3.8) is 0 Å². The van der Waals surface area contributed by atoms with Crippen LogP contribution in [0.2, 0.25) is 0 Å². The molecule has 8 heteroatoms. The molecule has 0 radical (unpaired) electrons. The smallest absolute Gasteiger partial charge is 0.327 e. The summed E-state index contributed by atoms with van der Waals surface area (Å²) in [5, 5.41) is 16.0. The monoisotopic (exact) mass is 353 g/mol. The van der Waals surface area contributed by atoms with Crippen molar-refractivity contribution in [3.8, 4) is 11.3 Å². The highest BCUT2D eigenvalue weighted by Crippen LogP contribution is 2.27. The molecule has 0 bridgehead atoms. The van der Waals surface area contributed by atoms with Gasteiger partial charge < -0.3 is 4.74 Å². The number of carbonyl (C=O) groups excluding carboxylic acids is 1. The summed E-state index contributed by atoms with van der Waals surface area (Å²) in [7, 11) is 0. The number of nitro benzene ring substituents is 1. The Morgan fingerprint density at radius 1 is 1.19 bits per heavy atom. The fourth-order valence-electron chi connectivity index (χ4n) is 2.63. The van der Waals surface area contributed by atoms with E-state index in [1.807, 2.05) is 6.07 Å². The maximum Gasteiger partial charge on any atom is 0.327 e.